The monoisotopic (exact) mass is 387 g/mol. The molecule has 0 unspecified atom stereocenters. The number of hydrogen-bond donors (Lipinski definition) is 3. The number of nitrogens with zero attached hydrogens (tertiary/aromatic N) is 3. The normalized spacial score (nSPS) is 19.5. The van der Waals surface area contributed by atoms with Gasteiger partial charge in [0.05, 0.1) is 25.4 Å². The molecule has 0 bridgehead atoms. The summed E-state index contributed by atoms with van der Waals surface area (Å²) in [6.07, 6.45) is 5.93. The summed E-state index contributed by atoms with van der Waals surface area (Å²) in [7, 11) is 0. The summed E-state index contributed by atoms with van der Waals surface area (Å²) in [4.78, 5) is 22.7. The molecule has 1 atom stereocenters. The number of aliphatic hydroxyl groups is 1. The van der Waals surface area contributed by atoms with E-state index in [1.54, 1.807) is 6.07 Å². The van der Waals surface area contributed by atoms with E-state index < -0.39 is 6.10 Å². The second-order valence-electron chi connectivity index (χ2n) is 7.32. The van der Waals surface area contributed by atoms with E-state index in [4.69, 9.17) is 4.74 Å². The first-order valence-electron chi connectivity index (χ1n) is 9.71. The lowest BCUT2D eigenvalue weighted by atomic mass is 10.0. The fourth-order valence-corrected chi connectivity index (χ4v) is 3.34. The highest BCUT2D eigenvalue weighted by Gasteiger charge is 2.20. The van der Waals surface area contributed by atoms with Crippen molar-refractivity contribution in [2.75, 3.05) is 44.7 Å². The smallest absolute Gasteiger partial charge is 0.270 e. The minimum atomic E-state index is -0.633. The van der Waals surface area contributed by atoms with E-state index in [-0.39, 0.29) is 24.2 Å². The van der Waals surface area contributed by atoms with Gasteiger partial charge in [-0.25, -0.2) is 9.97 Å². The number of carbonyl (C=O) groups excluding carboxylic acids is 1. The Balaban J connectivity index is 1.45. The van der Waals surface area contributed by atoms with Crippen molar-refractivity contribution < 1.29 is 14.6 Å². The number of allylic oxidation sites excluding steroid dienone is 2. The van der Waals surface area contributed by atoms with Crippen LogP contribution < -0.4 is 10.6 Å². The minimum absolute atomic E-state index is 0.184. The van der Waals surface area contributed by atoms with Gasteiger partial charge in [-0.05, 0) is 25.8 Å². The van der Waals surface area contributed by atoms with Crippen LogP contribution in [-0.2, 0) is 4.74 Å². The molecule has 0 saturated carbocycles. The molecule has 2 aliphatic heterocycles. The summed E-state index contributed by atoms with van der Waals surface area (Å²) in [6.45, 7) is 7.90. The average Bonchev–Trinajstić information content (AvgIpc) is 2.65. The number of ether oxygens (including phenoxy) is 1. The molecule has 28 heavy (non-hydrogen) atoms. The summed E-state index contributed by atoms with van der Waals surface area (Å²) in [5.41, 5.74) is 2.99. The van der Waals surface area contributed by atoms with Crippen LogP contribution in [-0.4, -0.2) is 77.4 Å². The lowest BCUT2D eigenvalue weighted by molar-refractivity contribution is 0.0209. The van der Waals surface area contributed by atoms with Crippen LogP contribution in [0, 0.1) is 0 Å². The standard InChI is InChI=1S/C20H29N5O3/c1-3-4-15-5-6-25(9-14(15)2)10-17(26)8-21-20(27)18-7-19(23-13-22-18)24-16-11-28-12-16/h3-4,7,13,16-17,26H,5-6,8-12H2,1-2H3,(H,21,27)(H,22,23,24)/b4-3-/t17-/m0/s1. The molecule has 0 aliphatic carbocycles. The molecule has 2 aliphatic rings. The summed E-state index contributed by atoms with van der Waals surface area (Å²) in [5.74, 6) is 0.279. The van der Waals surface area contributed by atoms with Crippen molar-refractivity contribution in [1.29, 1.82) is 0 Å². The van der Waals surface area contributed by atoms with Crippen LogP contribution in [0.4, 0.5) is 5.82 Å². The molecule has 0 spiro atoms. The Hall–Kier alpha value is -2.29. The molecular weight excluding hydrogens is 358 g/mol. The number of aromatic nitrogens is 2. The number of rotatable bonds is 8. The first kappa shape index (κ1) is 20.4. The second kappa shape index (κ2) is 9.77. The van der Waals surface area contributed by atoms with Gasteiger partial charge in [0, 0.05) is 32.2 Å². The Morgan fingerprint density at radius 2 is 2.29 bits per heavy atom. The first-order valence-corrected chi connectivity index (χ1v) is 9.71. The zero-order valence-corrected chi connectivity index (χ0v) is 16.5. The van der Waals surface area contributed by atoms with Gasteiger partial charge in [0.15, 0.2) is 0 Å². The van der Waals surface area contributed by atoms with E-state index in [1.807, 2.05) is 6.92 Å². The molecule has 3 N–H and O–H groups in total. The molecule has 8 heteroatoms. The summed E-state index contributed by atoms with van der Waals surface area (Å²) < 4.78 is 5.11. The minimum Gasteiger partial charge on any atom is -0.390 e. The number of hydrogen-bond acceptors (Lipinski definition) is 7. The lowest BCUT2D eigenvalue weighted by Crippen LogP contribution is -2.42. The molecular formula is C20H29N5O3. The van der Waals surface area contributed by atoms with Crippen LogP contribution in [0.2, 0.25) is 0 Å². The van der Waals surface area contributed by atoms with Crippen molar-refractivity contribution in [3.8, 4) is 0 Å². The van der Waals surface area contributed by atoms with Crippen molar-refractivity contribution >= 4 is 11.7 Å². The van der Waals surface area contributed by atoms with Crippen LogP contribution in [0.15, 0.2) is 35.7 Å². The molecule has 1 saturated heterocycles. The maximum absolute atomic E-state index is 12.3. The highest BCUT2D eigenvalue weighted by molar-refractivity contribution is 5.92. The van der Waals surface area contributed by atoms with Gasteiger partial charge in [-0.2, -0.15) is 0 Å². The summed E-state index contributed by atoms with van der Waals surface area (Å²) >= 11 is 0. The van der Waals surface area contributed by atoms with Gasteiger partial charge in [0.2, 0.25) is 0 Å². The van der Waals surface area contributed by atoms with Crippen LogP contribution >= 0.6 is 0 Å². The van der Waals surface area contributed by atoms with Gasteiger partial charge in [-0.3, -0.25) is 9.69 Å². The molecule has 1 aromatic heterocycles. The van der Waals surface area contributed by atoms with Gasteiger partial charge in [-0.15, -0.1) is 0 Å². The Morgan fingerprint density at radius 1 is 1.46 bits per heavy atom. The fourth-order valence-electron chi connectivity index (χ4n) is 3.34. The molecule has 3 heterocycles. The highest BCUT2D eigenvalue weighted by Crippen LogP contribution is 2.18. The topological polar surface area (TPSA) is 99.6 Å². The number of anilines is 1. The lowest BCUT2D eigenvalue weighted by Gasteiger charge is -2.30. The Labute approximate surface area is 165 Å². The van der Waals surface area contributed by atoms with Crippen LogP contribution in [0.25, 0.3) is 0 Å². The number of carbonyl (C=O) groups is 1. The zero-order valence-electron chi connectivity index (χ0n) is 16.5. The Bertz CT molecular complexity index is 745. The second-order valence-corrected chi connectivity index (χ2v) is 7.32. The van der Waals surface area contributed by atoms with E-state index in [2.05, 4.69) is 44.6 Å². The van der Waals surface area contributed by atoms with Crippen molar-refractivity contribution in [3.63, 3.8) is 0 Å². The summed E-state index contributed by atoms with van der Waals surface area (Å²) in [5, 5.41) is 16.3. The molecule has 0 radical (unpaired) electrons. The largest absolute Gasteiger partial charge is 0.390 e. The molecule has 8 nitrogen and oxygen atoms in total. The quantitative estimate of drug-likeness (QED) is 0.611. The van der Waals surface area contributed by atoms with E-state index in [0.29, 0.717) is 25.6 Å². The van der Waals surface area contributed by atoms with Gasteiger partial charge >= 0.3 is 0 Å². The van der Waals surface area contributed by atoms with Crippen molar-refractivity contribution in [2.45, 2.75) is 32.4 Å². The highest BCUT2D eigenvalue weighted by atomic mass is 16.5. The van der Waals surface area contributed by atoms with Crippen LogP contribution in [0.3, 0.4) is 0 Å². The molecule has 3 rings (SSSR count). The maximum atomic E-state index is 12.3. The van der Waals surface area contributed by atoms with Crippen molar-refractivity contribution in [2.24, 2.45) is 0 Å². The Kier molecular flexibility index (Phi) is 7.13. The molecule has 1 amide bonds. The number of nitrogens with one attached hydrogen (secondary N) is 2. The van der Waals surface area contributed by atoms with E-state index in [9.17, 15) is 9.90 Å². The summed E-state index contributed by atoms with van der Waals surface area (Å²) in [6, 6.07) is 1.84. The average molecular weight is 387 g/mol. The maximum Gasteiger partial charge on any atom is 0.270 e. The predicted molar refractivity (Wildman–Crippen MR) is 107 cm³/mol. The number of amides is 1. The van der Waals surface area contributed by atoms with Crippen LogP contribution in [0.1, 0.15) is 30.8 Å². The third kappa shape index (κ3) is 5.60. The third-order valence-electron chi connectivity index (χ3n) is 4.93. The van der Waals surface area contributed by atoms with Gasteiger partial charge in [-0.1, -0.05) is 17.7 Å². The third-order valence-corrected chi connectivity index (χ3v) is 4.93. The van der Waals surface area contributed by atoms with E-state index in [1.165, 1.54) is 17.5 Å². The van der Waals surface area contributed by atoms with Gasteiger partial charge in [0.1, 0.15) is 17.8 Å². The van der Waals surface area contributed by atoms with Crippen LogP contribution in [0.5, 0.6) is 0 Å². The fraction of sp³-hybridized carbons (Fsp3) is 0.550. The predicted octanol–water partition coefficient (Wildman–Crippen LogP) is 0.976. The molecule has 1 aromatic rings. The SMILES string of the molecule is C/C=C\C1=C(C)CN(C[C@@H](O)CNC(=O)c2cc(NC3COC3)ncn2)CC1. The van der Waals surface area contributed by atoms with E-state index in [0.717, 1.165) is 19.5 Å². The molecule has 152 valence electrons. The molecule has 0 aromatic carbocycles. The van der Waals surface area contributed by atoms with Gasteiger partial charge < -0.3 is 20.5 Å². The zero-order chi connectivity index (χ0) is 19.9. The van der Waals surface area contributed by atoms with E-state index >= 15 is 0 Å². The van der Waals surface area contributed by atoms with Crippen molar-refractivity contribution in [1.82, 2.24) is 20.2 Å². The Morgan fingerprint density at radius 3 is 2.96 bits per heavy atom. The molecule has 1 fully saturated rings. The number of aliphatic hydroxyl groups excluding tert-OH is 1. The van der Waals surface area contributed by atoms with Crippen molar-refractivity contribution in [3.05, 3.63) is 41.4 Å². The van der Waals surface area contributed by atoms with Gasteiger partial charge in [0.25, 0.3) is 5.91 Å². The first-order chi connectivity index (χ1) is 13.5. The number of β-amino-alcohol motifs (C(OH)–C–C–N with tert-alkyl or cyclic N) is 1.